The molecule has 0 bridgehead atoms. The number of nitro benzene ring substituents is 1. The van der Waals surface area contributed by atoms with Crippen LogP contribution < -0.4 is 0 Å². The summed E-state index contributed by atoms with van der Waals surface area (Å²) in [6.07, 6.45) is 0. The number of H-pyrrole nitrogens is 1. The molecule has 0 atom stereocenters. The van der Waals surface area contributed by atoms with E-state index in [-0.39, 0.29) is 17.0 Å². The molecule has 8 heteroatoms. The molecule has 4 rings (SSSR count). The largest absolute Gasteiger partial charge is 0.289 e. The first-order valence-electron chi connectivity index (χ1n) is 8.65. The summed E-state index contributed by atoms with van der Waals surface area (Å²) in [7, 11) is 0. The second-order valence-electron chi connectivity index (χ2n) is 6.07. The molecule has 0 fully saturated rings. The highest BCUT2D eigenvalue weighted by Crippen LogP contribution is 2.34. The lowest BCUT2D eigenvalue weighted by Gasteiger charge is -2.04. The van der Waals surface area contributed by atoms with Gasteiger partial charge in [-0.1, -0.05) is 60.7 Å². The summed E-state index contributed by atoms with van der Waals surface area (Å²) in [5.41, 5.74) is 1.43. The van der Waals surface area contributed by atoms with E-state index in [0.29, 0.717) is 21.4 Å². The van der Waals surface area contributed by atoms with Crippen LogP contribution in [0.2, 0.25) is 0 Å². The molecule has 0 radical (unpaired) electrons. The Balaban J connectivity index is 1.62. The molecule has 3 aromatic carbocycles. The fourth-order valence-corrected chi connectivity index (χ4v) is 3.56. The Kier molecular flexibility index (Phi) is 5.17. The minimum atomic E-state index is -0.505. The van der Waals surface area contributed by atoms with Crippen molar-refractivity contribution in [3.05, 3.63) is 100 Å². The molecular weight excluding hydrogens is 388 g/mol. The summed E-state index contributed by atoms with van der Waals surface area (Å²) in [5, 5.41) is 18.9. The molecule has 0 saturated carbocycles. The second kappa shape index (κ2) is 8.07. The predicted molar refractivity (Wildman–Crippen MR) is 109 cm³/mol. The van der Waals surface area contributed by atoms with Crippen LogP contribution in [0.3, 0.4) is 0 Å². The van der Waals surface area contributed by atoms with Crippen molar-refractivity contribution in [1.29, 1.82) is 0 Å². The van der Waals surface area contributed by atoms with Gasteiger partial charge in [-0.25, -0.2) is 4.98 Å². The number of nitro groups is 1. The zero-order valence-electron chi connectivity index (χ0n) is 15.0. The van der Waals surface area contributed by atoms with Gasteiger partial charge in [0, 0.05) is 22.8 Å². The molecule has 0 amide bonds. The highest BCUT2D eigenvalue weighted by Gasteiger charge is 2.20. The molecule has 0 spiro atoms. The molecule has 1 heterocycles. The van der Waals surface area contributed by atoms with Crippen molar-refractivity contribution in [2.24, 2.45) is 0 Å². The van der Waals surface area contributed by atoms with E-state index in [2.05, 4.69) is 15.2 Å². The second-order valence-corrected chi connectivity index (χ2v) is 7.08. The van der Waals surface area contributed by atoms with Gasteiger partial charge in [-0.2, -0.15) is 0 Å². The molecule has 0 aliphatic rings. The quantitative estimate of drug-likeness (QED) is 0.283. The average Bonchev–Trinajstić information content (AvgIpc) is 3.23. The van der Waals surface area contributed by atoms with Gasteiger partial charge in [0.2, 0.25) is 5.16 Å². The number of aromatic amines is 1. The van der Waals surface area contributed by atoms with Crippen molar-refractivity contribution in [2.75, 3.05) is 0 Å². The molecule has 4 aromatic rings. The lowest BCUT2D eigenvalue weighted by atomic mass is 10.0. The fraction of sp³-hybridized carbons (Fsp3) is 0. The number of ketones is 1. The van der Waals surface area contributed by atoms with Crippen LogP contribution in [0.5, 0.6) is 0 Å². The molecule has 142 valence electrons. The van der Waals surface area contributed by atoms with Crippen molar-refractivity contribution >= 4 is 23.2 Å². The Labute approximate surface area is 170 Å². The minimum absolute atomic E-state index is 0.164. The number of carbonyl (C=O) groups is 1. The number of carbonyl (C=O) groups excluding carboxylic acids is 1. The third-order valence-corrected chi connectivity index (χ3v) is 5.10. The average molecular weight is 402 g/mol. The Hall–Kier alpha value is -3.78. The van der Waals surface area contributed by atoms with Crippen LogP contribution in [-0.4, -0.2) is 25.9 Å². The van der Waals surface area contributed by atoms with Crippen LogP contribution in [0.15, 0.2) is 88.9 Å². The number of aromatic nitrogens is 3. The summed E-state index contributed by atoms with van der Waals surface area (Å²) in [4.78, 5) is 28.4. The predicted octanol–water partition coefficient (Wildman–Crippen LogP) is 4.76. The van der Waals surface area contributed by atoms with Gasteiger partial charge < -0.3 is 0 Å². The van der Waals surface area contributed by atoms with Crippen molar-refractivity contribution in [2.45, 2.75) is 10.1 Å². The standard InChI is InChI=1S/C21H14N4O3S/c26-19(14-7-3-1-4-8-14)16-11-12-18(17(13-16)25(27)28)29-21-22-20(23-24-21)15-9-5-2-6-10-15/h1-13H,(H,22,23,24). The van der Waals surface area contributed by atoms with E-state index in [4.69, 9.17) is 0 Å². The van der Waals surface area contributed by atoms with Crippen molar-refractivity contribution in [3.8, 4) is 11.4 Å². The number of benzene rings is 3. The fourth-order valence-electron chi connectivity index (χ4n) is 2.76. The summed E-state index contributed by atoms with van der Waals surface area (Å²) in [6.45, 7) is 0. The van der Waals surface area contributed by atoms with E-state index < -0.39 is 4.92 Å². The van der Waals surface area contributed by atoms with Gasteiger partial charge >= 0.3 is 0 Å². The minimum Gasteiger partial charge on any atom is -0.289 e. The number of rotatable bonds is 6. The van der Waals surface area contributed by atoms with E-state index in [1.165, 1.54) is 6.07 Å². The Morgan fingerprint density at radius 3 is 2.31 bits per heavy atom. The maximum absolute atomic E-state index is 12.6. The van der Waals surface area contributed by atoms with Gasteiger partial charge in [-0.3, -0.25) is 20.0 Å². The first kappa shape index (κ1) is 18.6. The van der Waals surface area contributed by atoms with Crippen LogP contribution >= 0.6 is 11.8 Å². The van der Waals surface area contributed by atoms with Gasteiger partial charge in [0.1, 0.15) is 0 Å². The van der Waals surface area contributed by atoms with Crippen molar-refractivity contribution in [3.63, 3.8) is 0 Å². The molecule has 7 nitrogen and oxygen atoms in total. The summed E-state index contributed by atoms with van der Waals surface area (Å²) >= 11 is 1.07. The lowest BCUT2D eigenvalue weighted by Crippen LogP contribution is -2.02. The van der Waals surface area contributed by atoms with E-state index in [0.717, 1.165) is 17.3 Å². The van der Waals surface area contributed by atoms with E-state index >= 15 is 0 Å². The summed E-state index contributed by atoms with van der Waals surface area (Å²) < 4.78 is 0. The normalized spacial score (nSPS) is 10.6. The van der Waals surface area contributed by atoms with Gasteiger partial charge in [0.05, 0.1) is 9.82 Å². The van der Waals surface area contributed by atoms with Crippen molar-refractivity contribution in [1.82, 2.24) is 15.2 Å². The zero-order valence-corrected chi connectivity index (χ0v) is 15.8. The monoisotopic (exact) mass is 402 g/mol. The van der Waals surface area contributed by atoms with Gasteiger partial charge in [0.25, 0.3) is 5.69 Å². The van der Waals surface area contributed by atoms with Crippen LogP contribution in [0.25, 0.3) is 11.4 Å². The summed E-state index contributed by atoms with van der Waals surface area (Å²) in [5.74, 6) is 0.307. The molecule has 1 aromatic heterocycles. The summed E-state index contributed by atoms with van der Waals surface area (Å²) in [6, 6.07) is 22.5. The Morgan fingerprint density at radius 1 is 0.931 bits per heavy atom. The zero-order chi connectivity index (χ0) is 20.2. The first-order chi connectivity index (χ1) is 14.1. The molecular formula is C21H14N4O3S. The third-order valence-electron chi connectivity index (χ3n) is 4.17. The Morgan fingerprint density at radius 2 is 1.62 bits per heavy atom. The van der Waals surface area contributed by atoms with E-state index in [1.54, 1.807) is 42.5 Å². The first-order valence-corrected chi connectivity index (χ1v) is 9.47. The molecule has 0 aliphatic carbocycles. The van der Waals surface area contributed by atoms with Gasteiger partial charge in [-0.15, -0.1) is 5.10 Å². The maximum Gasteiger partial charge on any atom is 0.284 e. The van der Waals surface area contributed by atoms with Crippen LogP contribution in [-0.2, 0) is 0 Å². The molecule has 0 unspecified atom stereocenters. The molecule has 29 heavy (non-hydrogen) atoms. The smallest absolute Gasteiger partial charge is 0.284 e. The van der Waals surface area contributed by atoms with E-state index in [9.17, 15) is 14.9 Å². The van der Waals surface area contributed by atoms with Gasteiger partial charge in [0.15, 0.2) is 11.6 Å². The van der Waals surface area contributed by atoms with E-state index in [1.807, 2.05) is 30.3 Å². The lowest BCUT2D eigenvalue weighted by molar-refractivity contribution is -0.387. The molecule has 0 aliphatic heterocycles. The topological polar surface area (TPSA) is 102 Å². The van der Waals surface area contributed by atoms with Crippen molar-refractivity contribution < 1.29 is 9.72 Å². The maximum atomic E-state index is 12.6. The Bertz CT molecular complexity index is 1180. The molecule has 1 N–H and O–H groups in total. The van der Waals surface area contributed by atoms with Crippen LogP contribution in [0, 0.1) is 10.1 Å². The highest BCUT2D eigenvalue weighted by molar-refractivity contribution is 7.99. The molecule has 0 saturated heterocycles. The number of nitrogens with one attached hydrogen (secondary N) is 1. The van der Waals surface area contributed by atoms with Crippen LogP contribution in [0.1, 0.15) is 15.9 Å². The highest BCUT2D eigenvalue weighted by atomic mass is 32.2. The number of nitrogens with zero attached hydrogens (tertiary/aromatic N) is 3. The third kappa shape index (κ3) is 4.07. The number of hydrogen-bond donors (Lipinski definition) is 1. The van der Waals surface area contributed by atoms with Gasteiger partial charge in [-0.05, 0) is 23.9 Å². The number of hydrogen-bond acceptors (Lipinski definition) is 6. The van der Waals surface area contributed by atoms with Crippen LogP contribution in [0.4, 0.5) is 5.69 Å². The SMILES string of the molecule is O=C(c1ccccc1)c1ccc(Sc2n[nH]c(-c3ccccc3)n2)c([N+](=O)[O-])c1.